The van der Waals surface area contributed by atoms with Crippen molar-refractivity contribution in [1.29, 1.82) is 0 Å². The molecule has 0 radical (unpaired) electrons. The molecular formula is C21H24N6O2. The number of hydrogen-bond donors (Lipinski definition) is 1. The third-order valence-electron chi connectivity index (χ3n) is 5.90. The lowest BCUT2D eigenvalue weighted by molar-refractivity contribution is 0.212. The Morgan fingerprint density at radius 1 is 1.28 bits per heavy atom. The van der Waals surface area contributed by atoms with Crippen molar-refractivity contribution in [3.8, 4) is 16.9 Å². The van der Waals surface area contributed by atoms with Crippen LogP contribution in [0, 0.1) is 6.92 Å². The van der Waals surface area contributed by atoms with E-state index in [1.165, 1.54) is 6.33 Å². The van der Waals surface area contributed by atoms with Crippen LogP contribution in [0.5, 0.6) is 5.75 Å². The first kappa shape index (κ1) is 17.9. The fraction of sp³-hybridized carbons (Fsp3) is 0.381. The molecule has 5 rings (SSSR count). The van der Waals surface area contributed by atoms with E-state index in [0.717, 1.165) is 53.7 Å². The first-order chi connectivity index (χ1) is 14.0. The van der Waals surface area contributed by atoms with Gasteiger partial charge in [0.15, 0.2) is 11.4 Å². The first-order valence-electron chi connectivity index (χ1n) is 9.86. The van der Waals surface area contributed by atoms with Gasteiger partial charge in [0.1, 0.15) is 6.33 Å². The van der Waals surface area contributed by atoms with Gasteiger partial charge in [0, 0.05) is 18.3 Å². The van der Waals surface area contributed by atoms with E-state index in [0.29, 0.717) is 11.4 Å². The number of piperidine rings is 1. The monoisotopic (exact) mass is 392 g/mol. The van der Waals surface area contributed by atoms with Crippen LogP contribution in [0.15, 0.2) is 35.5 Å². The molecular weight excluding hydrogens is 368 g/mol. The minimum absolute atomic E-state index is 0.0406. The van der Waals surface area contributed by atoms with Crippen molar-refractivity contribution >= 4 is 16.7 Å². The van der Waals surface area contributed by atoms with Crippen molar-refractivity contribution in [2.75, 3.05) is 27.2 Å². The van der Waals surface area contributed by atoms with Crippen molar-refractivity contribution in [2.24, 2.45) is 0 Å². The summed E-state index contributed by atoms with van der Waals surface area (Å²) in [6.45, 7) is 4.05. The number of methoxy groups -OCH3 is 1. The van der Waals surface area contributed by atoms with Crippen molar-refractivity contribution in [3.05, 3.63) is 46.8 Å². The molecule has 1 atom stereocenters. The number of imidazole rings is 1. The minimum Gasteiger partial charge on any atom is -0.493 e. The van der Waals surface area contributed by atoms with Gasteiger partial charge in [0.25, 0.3) is 0 Å². The van der Waals surface area contributed by atoms with E-state index in [9.17, 15) is 4.79 Å². The van der Waals surface area contributed by atoms with Gasteiger partial charge >= 0.3 is 5.69 Å². The molecule has 0 spiro atoms. The summed E-state index contributed by atoms with van der Waals surface area (Å²) in [4.78, 5) is 22.4. The SMILES string of the molecule is COc1cc(-c2cc3[nH]c(=O)n(C4CCCN(C)C4)c3cc2C)cn2ncnc12. The number of likely N-dealkylation sites (N-methyl/N-ethyl adjacent to an activating group) is 1. The average Bonchev–Trinajstić information content (AvgIpc) is 3.29. The number of aromatic amines is 1. The zero-order chi connectivity index (χ0) is 20.1. The van der Waals surface area contributed by atoms with E-state index in [-0.39, 0.29) is 11.7 Å². The Kier molecular flexibility index (Phi) is 4.16. The fourth-order valence-corrected chi connectivity index (χ4v) is 4.49. The summed E-state index contributed by atoms with van der Waals surface area (Å²) in [5.41, 5.74) is 5.53. The number of nitrogens with one attached hydrogen (secondary N) is 1. The number of nitrogens with zero attached hydrogens (tertiary/aromatic N) is 5. The Labute approximate surface area is 167 Å². The number of hydrogen-bond acceptors (Lipinski definition) is 5. The second-order valence-corrected chi connectivity index (χ2v) is 7.87. The number of likely N-dealkylation sites (tertiary alicyclic amines) is 1. The number of aromatic nitrogens is 5. The van der Waals surface area contributed by atoms with E-state index in [4.69, 9.17) is 4.74 Å². The maximum atomic E-state index is 12.8. The molecule has 0 amide bonds. The third-order valence-corrected chi connectivity index (χ3v) is 5.90. The summed E-state index contributed by atoms with van der Waals surface area (Å²) in [6, 6.07) is 6.32. The van der Waals surface area contributed by atoms with Crippen LogP contribution in [-0.4, -0.2) is 56.3 Å². The largest absolute Gasteiger partial charge is 0.493 e. The van der Waals surface area contributed by atoms with Gasteiger partial charge in [0.2, 0.25) is 0 Å². The lowest BCUT2D eigenvalue weighted by Crippen LogP contribution is -2.36. The number of ether oxygens (including phenoxy) is 1. The second-order valence-electron chi connectivity index (χ2n) is 7.87. The zero-order valence-electron chi connectivity index (χ0n) is 16.8. The molecule has 29 heavy (non-hydrogen) atoms. The van der Waals surface area contributed by atoms with Crippen LogP contribution < -0.4 is 10.4 Å². The van der Waals surface area contributed by atoms with Crippen molar-refractivity contribution in [1.82, 2.24) is 29.0 Å². The Hall–Kier alpha value is -3.13. The Morgan fingerprint density at radius 3 is 2.93 bits per heavy atom. The molecule has 150 valence electrons. The molecule has 4 heterocycles. The lowest BCUT2D eigenvalue weighted by atomic mass is 10.0. The standard InChI is InChI=1S/C21H24N6O2/c1-13-7-18-17(24-21(28)27(18)15-5-4-6-25(2)11-15)9-16(13)14-8-19(29-3)20-22-12-23-26(20)10-14/h7-10,12,15H,4-6,11H2,1-3H3,(H,24,28). The van der Waals surface area contributed by atoms with Gasteiger partial charge in [-0.1, -0.05) is 0 Å². The van der Waals surface area contributed by atoms with Crippen molar-refractivity contribution in [3.63, 3.8) is 0 Å². The number of rotatable bonds is 3. The number of fused-ring (bicyclic) bond motifs is 2. The molecule has 0 aliphatic carbocycles. The molecule has 1 aliphatic heterocycles. The number of aryl methyl sites for hydroxylation is 1. The van der Waals surface area contributed by atoms with Crippen LogP contribution in [0.25, 0.3) is 27.8 Å². The van der Waals surface area contributed by atoms with Crippen LogP contribution in [-0.2, 0) is 0 Å². The quantitative estimate of drug-likeness (QED) is 0.580. The van der Waals surface area contributed by atoms with Crippen LogP contribution >= 0.6 is 0 Å². The lowest BCUT2D eigenvalue weighted by Gasteiger charge is -2.30. The normalized spacial score (nSPS) is 18.0. The van der Waals surface area contributed by atoms with Crippen LogP contribution in [0.2, 0.25) is 0 Å². The molecule has 3 aromatic heterocycles. The summed E-state index contributed by atoms with van der Waals surface area (Å²) < 4.78 is 9.14. The highest BCUT2D eigenvalue weighted by atomic mass is 16.5. The van der Waals surface area contributed by atoms with E-state index >= 15 is 0 Å². The molecule has 8 heteroatoms. The summed E-state index contributed by atoms with van der Waals surface area (Å²) >= 11 is 0. The van der Waals surface area contributed by atoms with Crippen molar-refractivity contribution in [2.45, 2.75) is 25.8 Å². The third kappa shape index (κ3) is 2.91. The first-order valence-corrected chi connectivity index (χ1v) is 9.86. The summed E-state index contributed by atoms with van der Waals surface area (Å²) in [5.74, 6) is 0.663. The second kappa shape index (κ2) is 6.73. The molecule has 4 aromatic rings. The van der Waals surface area contributed by atoms with Gasteiger partial charge in [0.05, 0.1) is 24.2 Å². The molecule has 1 saturated heterocycles. The molecule has 1 aromatic carbocycles. The number of H-pyrrole nitrogens is 1. The predicted octanol–water partition coefficient (Wildman–Crippen LogP) is 2.62. The number of pyridine rings is 1. The Morgan fingerprint density at radius 2 is 2.14 bits per heavy atom. The molecule has 8 nitrogen and oxygen atoms in total. The van der Waals surface area contributed by atoms with Crippen LogP contribution in [0.1, 0.15) is 24.4 Å². The van der Waals surface area contributed by atoms with Gasteiger partial charge in [-0.05, 0) is 62.7 Å². The zero-order valence-corrected chi connectivity index (χ0v) is 16.8. The smallest absolute Gasteiger partial charge is 0.326 e. The Balaban J connectivity index is 1.66. The fourth-order valence-electron chi connectivity index (χ4n) is 4.49. The van der Waals surface area contributed by atoms with Gasteiger partial charge in [-0.3, -0.25) is 4.57 Å². The van der Waals surface area contributed by atoms with E-state index in [1.54, 1.807) is 11.6 Å². The predicted molar refractivity (Wildman–Crippen MR) is 112 cm³/mol. The van der Waals surface area contributed by atoms with Crippen molar-refractivity contribution < 1.29 is 4.74 Å². The van der Waals surface area contributed by atoms with Gasteiger partial charge < -0.3 is 14.6 Å². The molecule has 1 aliphatic rings. The van der Waals surface area contributed by atoms with E-state index in [2.05, 4.69) is 40.0 Å². The van der Waals surface area contributed by atoms with Crippen LogP contribution in [0.4, 0.5) is 0 Å². The van der Waals surface area contributed by atoms with Crippen LogP contribution in [0.3, 0.4) is 0 Å². The maximum Gasteiger partial charge on any atom is 0.326 e. The highest BCUT2D eigenvalue weighted by Gasteiger charge is 2.23. The highest BCUT2D eigenvalue weighted by molar-refractivity contribution is 5.85. The van der Waals surface area contributed by atoms with Gasteiger partial charge in [-0.15, -0.1) is 0 Å². The molecule has 1 unspecified atom stereocenters. The summed E-state index contributed by atoms with van der Waals surface area (Å²) in [6.07, 6.45) is 5.58. The van der Waals surface area contributed by atoms with E-state index in [1.807, 2.05) is 22.9 Å². The summed E-state index contributed by atoms with van der Waals surface area (Å²) in [7, 11) is 3.74. The highest BCUT2D eigenvalue weighted by Crippen LogP contribution is 2.32. The molecule has 1 N–H and O–H groups in total. The molecule has 0 saturated carbocycles. The van der Waals surface area contributed by atoms with Gasteiger partial charge in [-0.2, -0.15) is 5.10 Å². The average molecular weight is 392 g/mol. The number of benzene rings is 1. The summed E-state index contributed by atoms with van der Waals surface area (Å²) in [5, 5.41) is 4.25. The topological polar surface area (TPSA) is 80.5 Å². The Bertz CT molecular complexity index is 1270. The molecule has 1 fully saturated rings. The molecule has 0 bridgehead atoms. The van der Waals surface area contributed by atoms with E-state index < -0.39 is 0 Å². The minimum atomic E-state index is -0.0406. The maximum absolute atomic E-state index is 12.8. The van der Waals surface area contributed by atoms with Gasteiger partial charge in [-0.25, -0.2) is 14.3 Å².